The average molecular weight is 267 g/mol. The minimum atomic E-state index is -0.471. The number of hydrogen-bond donors (Lipinski definition) is 1. The summed E-state index contributed by atoms with van der Waals surface area (Å²) in [5.74, 6) is 0.666. The maximum absolute atomic E-state index is 11.0. The van der Waals surface area contributed by atoms with Gasteiger partial charge in [-0.25, -0.2) is 4.98 Å². The molecule has 8 nitrogen and oxygen atoms in total. The molecule has 8 heteroatoms. The van der Waals surface area contributed by atoms with Crippen LogP contribution in [0, 0.1) is 10.1 Å². The molecule has 0 amide bonds. The van der Waals surface area contributed by atoms with Gasteiger partial charge in [0.25, 0.3) is 0 Å². The number of aromatic nitrogens is 2. The molecule has 1 N–H and O–H groups in total. The molecular formula is C11H17N5O3. The molecular weight excluding hydrogens is 250 g/mol. The maximum atomic E-state index is 11.0. The first kappa shape index (κ1) is 13.5. The predicted octanol–water partition coefficient (Wildman–Crippen LogP) is 1.04. The lowest BCUT2D eigenvalue weighted by molar-refractivity contribution is -0.384. The minimum absolute atomic E-state index is 0.0977. The number of nitrogens with zero attached hydrogens (tertiary/aromatic N) is 4. The summed E-state index contributed by atoms with van der Waals surface area (Å²) in [4.78, 5) is 20.3. The Balaban J connectivity index is 2.21. The Morgan fingerprint density at radius 3 is 3.05 bits per heavy atom. The summed E-state index contributed by atoms with van der Waals surface area (Å²) in [6.45, 7) is 1.34. The molecule has 1 aliphatic heterocycles. The Kier molecular flexibility index (Phi) is 4.10. The van der Waals surface area contributed by atoms with Crippen molar-refractivity contribution in [2.24, 2.45) is 0 Å². The number of rotatable bonds is 5. The second kappa shape index (κ2) is 5.79. The van der Waals surface area contributed by atoms with Gasteiger partial charge in [0.1, 0.15) is 6.20 Å². The summed E-state index contributed by atoms with van der Waals surface area (Å²) < 4.78 is 5.53. The molecule has 0 aromatic carbocycles. The third kappa shape index (κ3) is 3.08. The van der Waals surface area contributed by atoms with Crippen LogP contribution in [0.4, 0.5) is 17.5 Å². The SMILES string of the molecule is CNc1ncc([N+](=O)[O-])c(N(C)CC2CCCO2)n1. The van der Waals surface area contributed by atoms with Crippen molar-refractivity contribution >= 4 is 17.5 Å². The molecule has 104 valence electrons. The summed E-state index contributed by atoms with van der Waals surface area (Å²) >= 11 is 0. The summed E-state index contributed by atoms with van der Waals surface area (Å²) in [6.07, 6.45) is 3.34. The summed E-state index contributed by atoms with van der Waals surface area (Å²) in [5, 5.41) is 13.8. The quantitative estimate of drug-likeness (QED) is 0.629. The number of anilines is 2. The van der Waals surface area contributed by atoms with E-state index in [0.29, 0.717) is 18.3 Å². The molecule has 1 aromatic rings. The van der Waals surface area contributed by atoms with E-state index in [0.717, 1.165) is 19.4 Å². The molecule has 1 unspecified atom stereocenters. The van der Waals surface area contributed by atoms with Gasteiger partial charge in [0.15, 0.2) is 0 Å². The van der Waals surface area contributed by atoms with Gasteiger partial charge in [0.2, 0.25) is 11.8 Å². The molecule has 2 rings (SSSR count). The fraction of sp³-hybridized carbons (Fsp3) is 0.636. The van der Waals surface area contributed by atoms with Crippen molar-refractivity contribution in [3.63, 3.8) is 0 Å². The van der Waals surface area contributed by atoms with Crippen molar-refractivity contribution in [1.82, 2.24) is 9.97 Å². The molecule has 1 aliphatic rings. The Morgan fingerprint density at radius 2 is 2.47 bits per heavy atom. The molecule has 2 heterocycles. The third-order valence-electron chi connectivity index (χ3n) is 3.03. The molecule has 19 heavy (non-hydrogen) atoms. The van der Waals surface area contributed by atoms with Crippen LogP contribution in [0.25, 0.3) is 0 Å². The van der Waals surface area contributed by atoms with Crippen LogP contribution >= 0.6 is 0 Å². The van der Waals surface area contributed by atoms with Gasteiger partial charge in [-0.15, -0.1) is 0 Å². The van der Waals surface area contributed by atoms with Crippen LogP contribution in [-0.4, -0.2) is 48.2 Å². The summed E-state index contributed by atoms with van der Waals surface area (Å²) in [5.41, 5.74) is -0.0977. The predicted molar refractivity (Wildman–Crippen MR) is 70.5 cm³/mol. The first-order valence-corrected chi connectivity index (χ1v) is 6.13. The number of hydrogen-bond acceptors (Lipinski definition) is 7. The second-order valence-electron chi connectivity index (χ2n) is 4.43. The highest BCUT2D eigenvalue weighted by atomic mass is 16.6. The van der Waals surface area contributed by atoms with Gasteiger partial charge in [-0.2, -0.15) is 4.98 Å². The van der Waals surface area contributed by atoms with Gasteiger partial charge in [0, 0.05) is 27.2 Å². The van der Waals surface area contributed by atoms with Crippen molar-refractivity contribution in [2.45, 2.75) is 18.9 Å². The topological polar surface area (TPSA) is 93.4 Å². The van der Waals surface area contributed by atoms with Gasteiger partial charge in [-0.1, -0.05) is 0 Å². The number of nitro groups is 1. The lowest BCUT2D eigenvalue weighted by Gasteiger charge is -2.21. The normalized spacial score (nSPS) is 18.3. The lowest BCUT2D eigenvalue weighted by atomic mass is 10.2. The fourth-order valence-electron chi connectivity index (χ4n) is 2.08. The first-order chi connectivity index (χ1) is 9.11. The highest BCUT2D eigenvalue weighted by molar-refractivity contribution is 5.58. The van der Waals surface area contributed by atoms with E-state index in [4.69, 9.17) is 4.74 Å². The number of ether oxygens (including phenoxy) is 1. The summed E-state index contributed by atoms with van der Waals surface area (Å²) in [6, 6.07) is 0. The fourth-order valence-corrected chi connectivity index (χ4v) is 2.08. The molecule has 0 bridgehead atoms. The lowest BCUT2D eigenvalue weighted by Crippen LogP contribution is -2.30. The zero-order valence-corrected chi connectivity index (χ0v) is 11.0. The number of likely N-dealkylation sites (N-methyl/N-ethyl adjacent to an activating group) is 1. The Hall–Kier alpha value is -1.96. The van der Waals surface area contributed by atoms with Crippen molar-refractivity contribution in [3.8, 4) is 0 Å². The van der Waals surface area contributed by atoms with E-state index in [1.54, 1.807) is 19.0 Å². The molecule has 1 atom stereocenters. The van der Waals surface area contributed by atoms with E-state index in [1.807, 2.05) is 0 Å². The first-order valence-electron chi connectivity index (χ1n) is 6.13. The third-order valence-corrected chi connectivity index (χ3v) is 3.03. The van der Waals surface area contributed by atoms with E-state index in [2.05, 4.69) is 15.3 Å². The van der Waals surface area contributed by atoms with Gasteiger partial charge < -0.3 is 15.0 Å². The zero-order chi connectivity index (χ0) is 13.8. The smallest absolute Gasteiger partial charge is 0.329 e. The van der Waals surface area contributed by atoms with Crippen molar-refractivity contribution in [3.05, 3.63) is 16.3 Å². The standard InChI is InChI=1S/C11H17N5O3/c1-12-11-13-6-9(16(17)18)10(14-11)15(2)7-8-4-3-5-19-8/h6,8H,3-5,7H2,1-2H3,(H,12,13,14). The van der Waals surface area contributed by atoms with Crippen LogP contribution in [0.5, 0.6) is 0 Å². The van der Waals surface area contributed by atoms with Crippen LogP contribution < -0.4 is 10.2 Å². The van der Waals surface area contributed by atoms with E-state index in [1.165, 1.54) is 6.20 Å². The van der Waals surface area contributed by atoms with Gasteiger partial charge in [0.05, 0.1) is 11.0 Å². The molecule has 0 saturated carbocycles. The molecule has 0 aliphatic carbocycles. The van der Waals surface area contributed by atoms with E-state index >= 15 is 0 Å². The van der Waals surface area contributed by atoms with Gasteiger partial charge in [-0.3, -0.25) is 10.1 Å². The Labute approximate surface area is 110 Å². The average Bonchev–Trinajstić information content (AvgIpc) is 2.90. The van der Waals surface area contributed by atoms with Gasteiger partial charge in [-0.05, 0) is 12.8 Å². The van der Waals surface area contributed by atoms with Crippen LogP contribution in [0.3, 0.4) is 0 Å². The highest BCUT2D eigenvalue weighted by Gasteiger charge is 2.24. The molecule has 0 spiro atoms. The minimum Gasteiger partial charge on any atom is -0.376 e. The van der Waals surface area contributed by atoms with Crippen LogP contribution in [0.2, 0.25) is 0 Å². The van der Waals surface area contributed by atoms with Crippen LogP contribution in [-0.2, 0) is 4.74 Å². The summed E-state index contributed by atoms with van der Waals surface area (Å²) in [7, 11) is 3.45. The molecule has 0 radical (unpaired) electrons. The van der Waals surface area contributed by atoms with Gasteiger partial charge >= 0.3 is 5.69 Å². The largest absolute Gasteiger partial charge is 0.376 e. The molecule has 1 fully saturated rings. The van der Waals surface area contributed by atoms with E-state index in [-0.39, 0.29) is 11.8 Å². The zero-order valence-electron chi connectivity index (χ0n) is 11.0. The maximum Gasteiger partial charge on any atom is 0.329 e. The van der Waals surface area contributed by atoms with Crippen LogP contribution in [0.15, 0.2) is 6.20 Å². The molecule has 1 saturated heterocycles. The van der Waals surface area contributed by atoms with Crippen molar-refractivity contribution in [2.75, 3.05) is 37.5 Å². The highest BCUT2D eigenvalue weighted by Crippen LogP contribution is 2.26. The van der Waals surface area contributed by atoms with E-state index < -0.39 is 4.92 Å². The van der Waals surface area contributed by atoms with E-state index in [9.17, 15) is 10.1 Å². The van der Waals surface area contributed by atoms with Crippen LogP contribution in [0.1, 0.15) is 12.8 Å². The number of nitrogens with one attached hydrogen (secondary N) is 1. The van der Waals surface area contributed by atoms with Crippen molar-refractivity contribution < 1.29 is 9.66 Å². The Bertz CT molecular complexity index is 462. The monoisotopic (exact) mass is 267 g/mol. The molecule has 1 aromatic heterocycles. The van der Waals surface area contributed by atoms with Crippen molar-refractivity contribution in [1.29, 1.82) is 0 Å². The second-order valence-corrected chi connectivity index (χ2v) is 4.43. The Morgan fingerprint density at radius 1 is 1.68 bits per heavy atom.